The van der Waals surface area contributed by atoms with E-state index < -0.39 is 28.5 Å². The summed E-state index contributed by atoms with van der Waals surface area (Å²) in [5.41, 5.74) is 1.64. The van der Waals surface area contributed by atoms with Crippen LogP contribution in [0.4, 0.5) is 5.69 Å². The van der Waals surface area contributed by atoms with Gasteiger partial charge in [-0.2, -0.15) is 0 Å². The fourth-order valence-corrected chi connectivity index (χ4v) is 5.47. The predicted molar refractivity (Wildman–Crippen MR) is 162 cm³/mol. The van der Waals surface area contributed by atoms with E-state index in [1.165, 1.54) is 23.1 Å². The standard InChI is InChI=1S/C29H32Cl3N3O4S/c1-4-20(2)33-29(37)27(16-21-8-6-5-7-9-21)34(18-22-10-12-23(30)13-11-22)28(36)19-35(40(3,38)39)26-17-24(31)14-15-25(26)32/h5-15,17,20,27H,4,16,18-19H2,1-3H3,(H,33,37)/t20-,27+/m0/s1. The number of sulfonamides is 1. The molecule has 0 aliphatic carbocycles. The van der Waals surface area contributed by atoms with Crippen LogP contribution in [0.1, 0.15) is 31.4 Å². The topological polar surface area (TPSA) is 86.8 Å². The van der Waals surface area contributed by atoms with Gasteiger partial charge in [-0.25, -0.2) is 8.42 Å². The molecule has 2 atom stereocenters. The molecule has 0 saturated heterocycles. The number of halogens is 3. The second kappa shape index (κ2) is 14.2. The largest absolute Gasteiger partial charge is 0.352 e. The molecule has 2 amide bonds. The summed E-state index contributed by atoms with van der Waals surface area (Å²) < 4.78 is 26.7. The van der Waals surface area contributed by atoms with Crippen molar-refractivity contribution in [3.63, 3.8) is 0 Å². The number of amides is 2. The average Bonchev–Trinajstić information content (AvgIpc) is 2.91. The summed E-state index contributed by atoms with van der Waals surface area (Å²) in [4.78, 5) is 29.1. The second-order valence-corrected chi connectivity index (χ2v) is 12.7. The van der Waals surface area contributed by atoms with E-state index in [2.05, 4.69) is 5.32 Å². The molecule has 0 aliphatic heterocycles. The Balaban J connectivity index is 2.08. The molecule has 0 aromatic heterocycles. The number of anilines is 1. The molecular weight excluding hydrogens is 593 g/mol. The van der Waals surface area contributed by atoms with Crippen LogP contribution in [0, 0.1) is 0 Å². The van der Waals surface area contributed by atoms with Crippen LogP contribution in [0.25, 0.3) is 0 Å². The maximum atomic E-state index is 14.1. The SMILES string of the molecule is CC[C@H](C)NC(=O)[C@@H](Cc1ccccc1)N(Cc1ccc(Cl)cc1)C(=O)CN(c1cc(Cl)ccc1Cl)S(C)(=O)=O. The quantitative estimate of drug-likeness (QED) is 0.269. The third-order valence-electron chi connectivity index (χ3n) is 6.39. The van der Waals surface area contributed by atoms with Crippen molar-refractivity contribution in [3.05, 3.63) is 99.0 Å². The molecule has 3 aromatic carbocycles. The van der Waals surface area contributed by atoms with Crippen LogP contribution in [-0.4, -0.2) is 50.0 Å². The number of nitrogens with zero attached hydrogens (tertiary/aromatic N) is 2. The Kier molecular flexibility index (Phi) is 11.3. The maximum Gasteiger partial charge on any atom is 0.244 e. The van der Waals surface area contributed by atoms with Gasteiger partial charge in [0.2, 0.25) is 21.8 Å². The second-order valence-electron chi connectivity index (χ2n) is 9.54. The minimum Gasteiger partial charge on any atom is -0.352 e. The van der Waals surface area contributed by atoms with Gasteiger partial charge in [-0.1, -0.05) is 84.2 Å². The highest BCUT2D eigenvalue weighted by atomic mass is 35.5. The first-order chi connectivity index (χ1) is 18.9. The Hall–Kier alpha value is -2.78. The third-order valence-corrected chi connectivity index (χ3v) is 8.33. The molecule has 0 spiro atoms. The molecule has 0 radical (unpaired) electrons. The highest BCUT2D eigenvalue weighted by Crippen LogP contribution is 2.31. The summed E-state index contributed by atoms with van der Waals surface area (Å²) in [5, 5.41) is 3.88. The van der Waals surface area contributed by atoms with E-state index in [0.29, 0.717) is 11.4 Å². The van der Waals surface area contributed by atoms with Crippen LogP contribution in [0.3, 0.4) is 0 Å². The number of rotatable bonds is 12. The van der Waals surface area contributed by atoms with Crippen LogP contribution >= 0.6 is 34.8 Å². The molecule has 1 N–H and O–H groups in total. The van der Waals surface area contributed by atoms with Gasteiger partial charge in [0.25, 0.3) is 0 Å². The van der Waals surface area contributed by atoms with Crippen molar-refractivity contribution in [1.82, 2.24) is 10.2 Å². The Bertz CT molecular complexity index is 1420. The van der Waals surface area contributed by atoms with Crippen molar-refractivity contribution >= 4 is 62.3 Å². The summed E-state index contributed by atoms with van der Waals surface area (Å²) in [6, 6.07) is 19.6. The highest BCUT2D eigenvalue weighted by Gasteiger charge is 2.34. The number of hydrogen-bond donors (Lipinski definition) is 1. The fourth-order valence-electron chi connectivity index (χ4n) is 4.05. The minimum atomic E-state index is -3.97. The van der Waals surface area contributed by atoms with Crippen LogP contribution < -0.4 is 9.62 Å². The lowest BCUT2D eigenvalue weighted by atomic mass is 10.0. The Morgan fingerprint density at radius 2 is 1.52 bits per heavy atom. The Morgan fingerprint density at radius 1 is 0.900 bits per heavy atom. The fraction of sp³-hybridized carbons (Fsp3) is 0.310. The van der Waals surface area contributed by atoms with Gasteiger partial charge in [0.05, 0.1) is 17.0 Å². The van der Waals surface area contributed by atoms with E-state index in [9.17, 15) is 18.0 Å². The van der Waals surface area contributed by atoms with Crippen molar-refractivity contribution in [1.29, 1.82) is 0 Å². The van der Waals surface area contributed by atoms with Crippen molar-refractivity contribution in [2.75, 3.05) is 17.1 Å². The Labute approximate surface area is 251 Å². The molecule has 7 nitrogen and oxygen atoms in total. The van der Waals surface area contributed by atoms with E-state index in [0.717, 1.165) is 21.7 Å². The molecule has 3 rings (SSSR count). The lowest BCUT2D eigenvalue weighted by Crippen LogP contribution is -2.54. The van der Waals surface area contributed by atoms with Gasteiger partial charge >= 0.3 is 0 Å². The summed E-state index contributed by atoms with van der Waals surface area (Å²) in [6.45, 7) is 3.29. The smallest absolute Gasteiger partial charge is 0.244 e. The average molecular weight is 625 g/mol. The monoisotopic (exact) mass is 623 g/mol. The molecule has 214 valence electrons. The summed E-state index contributed by atoms with van der Waals surface area (Å²) in [6.07, 6.45) is 1.90. The summed E-state index contributed by atoms with van der Waals surface area (Å²) >= 11 is 18.5. The van der Waals surface area contributed by atoms with Crippen molar-refractivity contribution in [2.45, 2.75) is 45.3 Å². The predicted octanol–water partition coefficient (Wildman–Crippen LogP) is 5.97. The minimum absolute atomic E-state index is 0.0440. The van der Waals surface area contributed by atoms with Gasteiger partial charge in [0.1, 0.15) is 12.6 Å². The lowest BCUT2D eigenvalue weighted by Gasteiger charge is -2.34. The summed E-state index contributed by atoms with van der Waals surface area (Å²) in [5.74, 6) is -0.927. The molecular formula is C29H32Cl3N3O4S. The van der Waals surface area contributed by atoms with E-state index in [-0.39, 0.29) is 40.6 Å². The number of carbonyl (C=O) groups excluding carboxylic acids is 2. The zero-order valence-corrected chi connectivity index (χ0v) is 25.6. The van der Waals surface area contributed by atoms with Gasteiger partial charge in [0, 0.05) is 29.1 Å². The number of benzene rings is 3. The van der Waals surface area contributed by atoms with E-state index >= 15 is 0 Å². The van der Waals surface area contributed by atoms with Crippen molar-refractivity contribution < 1.29 is 18.0 Å². The van der Waals surface area contributed by atoms with Gasteiger partial charge in [-0.15, -0.1) is 0 Å². The zero-order chi connectivity index (χ0) is 29.4. The first-order valence-electron chi connectivity index (χ1n) is 12.7. The zero-order valence-electron chi connectivity index (χ0n) is 22.5. The Morgan fingerprint density at radius 3 is 2.12 bits per heavy atom. The van der Waals surface area contributed by atoms with Gasteiger partial charge in [-0.05, 0) is 54.8 Å². The molecule has 0 bridgehead atoms. The molecule has 0 unspecified atom stereocenters. The van der Waals surface area contributed by atoms with Crippen LogP contribution in [-0.2, 0) is 32.6 Å². The first kappa shape index (κ1) is 31.7. The van der Waals surface area contributed by atoms with Crippen LogP contribution in [0.15, 0.2) is 72.8 Å². The first-order valence-corrected chi connectivity index (χ1v) is 15.7. The maximum absolute atomic E-state index is 14.1. The molecule has 0 heterocycles. The molecule has 11 heteroatoms. The van der Waals surface area contributed by atoms with Crippen molar-refractivity contribution in [3.8, 4) is 0 Å². The molecule has 0 aliphatic rings. The van der Waals surface area contributed by atoms with E-state index in [1.807, 2.05) is 44.2 Å². The number of carbonyl (C=O) groups is 2. The summed E-state index contributed by atoms with van der Waals surface area (Å²) in [7, 11) is -3.97. The van der Waals surface area contributed by atoms with Gasteiger partial charge in [0.15, 0.2) is 0 Å². The molecule has 0 saturated carbocycles. The van der Waals surface area contributed by atoms with E-state index in [1.54, 1.807) is 24.3 Å². The van der Waals surface area contributed by atoms with Crippen molar-refractivity contribution in [2.24, 2.45) is 0 Å². The molecule has 40 heavy (non-hydrogen) atoms. The number of hydrogen-bond acceptors (Lipinski definition) is 4. The van der Waals surface area contributed by atoms with E-state index in [4.69, 9.17) is 34.8 Å². The lowest BCUT2D eigenvalue weighted by molar-refractivity contribution is -0.140. The third kappa shape index (κ3) is 8.86. The number of nitrogens with one attached hydrogen (secondary N) is 1. The van der Waals surface area contributed by atoms with Gasteiger partial charge in [-0.3, -0.25) is 13.9 Å². The van der Waals surface area contributed by atoms with Crippen LogP contribution in [0.5, 0.6) is 0 Å². The van der Waals surface area contributed by atoms with Gasteiger partial charge < -0.3 is 10.2 Å². The normalized spacial score (nSPS) is 12.8. The van der Waals surface area contributed by atoms with Crippen LogP contribution in [0.2, 0.25) is 15.1 Å². The highest BCUT2D eigenvalue weighted by molar-refractivity contribution is 7.92. The molecule has 0 fully saturated rings. The molecule has 3 aromatic rings.